The highest BCUT2D eigenvalue weighted by Crippen LogP contribution is 2.00. The molecule has 2 N–H and O–H groups in total. The Labute approximate surface area is 63.7 Å². The summed E-state index contributed by atoms with van der Waals surface area (Å²) in [6.45, 7) is 5.03. The minimum Gasteiger partial charge on any atom is -0.327 e. The lowest BCUT2D eigenvalue weighted by Gasteiger charge is -1.96. The summed E-state index contributed by atoms with van der Waals surface area (Å²) >= 11 is 0. The molecule has 2 heteroatoms. The first kappa shape index (κ1) is 11.7. The van der Waals surface area contributed by atoms with Crippen molar-refractivity contribution in [1.29, 1.82) is 0 Å². The SMILES string of the molecule is CCC(C)C=CCN.Cl. The van der Waals surface area contributed by atoms with E-state index in [1.165, 1.54) is 6.42 Å². The molecule has 0 amide bonds. The maximum absolute atomic E-state index is 5.24. The van der Waals surface area contributed by atoms with Gasteiger partial charge in [-0.05, 0) is 5.92 Å². The molecule has 9 heavy (non-hydrogen) atoms. The Morgan fingerprint density at radius 1 is 1.56 bits per heavy atom. The van der Waals surface area contributed by atoms with E-state index in [0.29, 0.717) is 12.5 Å². The first-order valence-corrected chi connectivity index (χ1v) is 3.18. The average molecular weight is 150 g/mol. The molecule has 0 aliphatic rings. The van der Waals surface area contributed by atoms with Crippen LogP contribution in [0.25, 0.3) is 0 Å². The molecule has 0 spiro atoms. The highest BCUT2D eigenvalue weighted by Gasteiger charge is 1.87. The molecule has 0 radical (unpaired) electrons. The summed E-state index contributed by atoms with van der Waals surface area (Å²) in [5.41, 5.74) is 5.24. The Morgan fingerprint density at radius 2 is 2.11 bits per heavy atom. The van der Waals surface area contributed by atoms with Crippen LogP contribution >= 0.6 is 12.4 Å². The van der Waals surface area contributed by atoms with Gasteiger partial charge in [-0.3, -0.25) is 0 Å². The summed E-state index contributed by atoms with van der Waals surface area (Å²) < 4.78 is 0. The van der Waals surface area contributed by atoms with Gasteiger partial charge in [-0.2, -0.15) is 0 Å². The predicted molar refractivity (Wildman–Crippen MR) is 44.9 cm³/mol. The normalized spacial score (nSPS) is 13.2. The molecule has 1 nitrogen and oxygen atoms in total. The molecular formula is C7H16ClN. The van der Waals surface area contributed by atoms with Gasteiger partial charge in [0, 0.05) is 6.54 Å². The van der Waals surface area contributed by atoms with Crippen molar-refractivity contribution in [2.45, 2.75) is 20.3 Å². The monoisotopic (exact) mass is 149 g/mol. The molecule has 0 saturated carbocycles. The molecule has 1 unspecified atom stereocenters. The van der Waals surface area contributed by atoms with Gasteiger partial charge < -0.3 is 5.73 Å². The summed E-state index contributed by atoms with van der Waals surface area (Å²) in [7, 11) is 0. The Kier molecular flexibility index (Phi) is 10.4. The van der Waals surface area contributed by atoms with Crippen molar-refractivity contribution in [2.24, 2.45) is 11.7 Å². The molecule has 56 valence electrons. The zero-order valence-corrected chi connectivity index (χ0v) is 6.95. The molecule has 0 rings (SSSR count). The summed E-state index contributed by atoms with van der Waals surface area (Å²) in [4.78, 5) is 0. The predicted octanol–water partition coefficient (Wildman–Crippen LogP) is 1.97. The van der Waals surface area contributed by atoms with Crippen molar-refractivity contribution in [1.82, 2.24) is 0 Å². The molecule has 0 aromatic rings. The van der Waals surface area contributed by atoms with Crippen LogP contribution in [0, 0.1) is 5.92 Å². The van der Waals surface area contributed by atoms with E-state index in [2.05, 4.69) is 19.9 Å². The van der Waals surface area contributed by atoms with Crippen LogP contribution in [0.2, 0.25) is 0 Å². The van der Waals surface area contributed by atoms with Crippen molar-refractivity contribution in [3.05, 3.63) is 12.2 Å². The number of allylic oxidation sites excluding steroid dienone is 1. The van der Waals surface area contributed by atoms with Crippen LogP contribution in [0.3, 0.4) is 0 Å². The molecular weight excluding hydrogens is 134 g/mol. The van der Waals surface area contributed by atoms with Gasteiger partial charge in [-0.25, -0.2) is 0 Å². The molecule has 0 aromatic heterocycles. The fourth-order valence-electron chi connectivity index (χ4n) is 0.447. The first-order valence-electron chi connectivity index (χ1n) is 3.18. The summed E-state index contributed by atoms with van der Waals surface area (Å²) in [5.74, 6) is 0.693. The maximum Gasteiger partial charge on any atom is 0.0106 e. The van der Waals surface area contributed by atoms with E-state index >= 15 is 0 Å². The van der Waals surface area contributed by atoms with Crippen LogP contribution in [0.1, 0.15) is 20.3 Å². The number of hydrogen-bond acceptors (Lipinski definition) is 1. The van der Waals surface area contributed by atoms with Gasteiger partial charge in [0.2, 0.25) is 0 Å². The summed E-state index contributed by atoms with van der Waals surface area (Å²) in [6.07, 6.45) is 5.37. The third-order valence-electron chi connectivity index (χ3n) is 1.24. The van der Waals surface area contributed by atoms with Crippen LogP contribution in [0.4, 0.5) is 0 Å². The van der Waals surface area contributed by atoms with Crippen LogP contribution < -0.4 is 5.73 Å². The van der Waals surface area contributed by atoms with E-state index in [1.54, 1.807) is 0 Å². The van der Waals surface area contributed by atoms with Crippen molar-refractivity contribution in [3.8, 4) is 0 Å². The fraction of sp³-hybridized carbons (Fsp3) is 0.714. The minimum atomic E-state index is 0. The van der Waals surface area contributed by atoms with Gasteiger partial charge in [0.25, 0.3) is 0 Å². The van der Waals surface area contributed by atoms with Gasteiger partial charge in [-0.15, -0.1) is 12.4 Å². The maximum atomic E-state index is 5.24. The molecule has 0 saturated heterocycles. The molecule has 0 fully saturated rings. The number of rotatable bonds is 3. The zero-order chi connectivity index (χ0) is 6.41. The second-order valence-corrected chi connectivity index (χ2v) is 2.05. The fourth-order valence-corrected chi connectivity index (χ4v) is 0.447. The Bertz CT molecular complexity index is 71.3. The minimum absolute atomic E-state index is 0. The Hall–Kier alpha value is -0.0100. The van der Waals surface area contributed by atoms with Crippen molar-refractivity contribution < 1.29 is 0 Å². The summed E-state index contributed by atoms with van der Waals surface area (Å²) in [5, 5.41) is 0. The molecule has 0 aliphatic heterocycles. The Morgan fingerprint density at radius 3 is 2.44 bits per heavy atom. The van der Waals surface area contributed by atoms with Gasteiger partial charge in [0.1, 0.15) is 0 Å². The molecule has 0 aromatic carbocycles. The number of hydrogen-bond donors (Lipinski definition) is 1. The van der Waals surface area contributed by atoms with E-state index in [0.717, 1.165) is 0 Å². The molecule has 0 heterocycles. The smallest absolute Gasteiger partial charge is 0.0106 e. The quantitative estimate of drug-likeness (QED) is 0.611. The van der Waals surface area contributed by atoms with E-state index < -0.39 is 0 Å². The van der Waals surface area contributed by atoms with E-state index in [1.807, 2.05) is 6.08 Å². The van der Waals surface area contributed by atoms with Gasteiger partial charge in [0.05, 0.1) is 0 Å². The van der Waals surface area contributed by atoms with Crippen LogP contribution in [0.5, 0.6) is 0 Å². The first-order chi connectivity index (χ1) is 3.81. The topological polar surface area (TPSA) is 26.0 Å². The van der Waals surface area contributed by atoms with Crippen LogP contribution in [-0.2, 0) is 0 Å². The van der Waals surface area contributed by atoms with Crippen LogP contribution in [0.15, 0.2) is 12.2 Å². The standard InChI is InChI=1S/C7H15N.ClH/c1-3-7(2)5-4-6-8;/h4-5,7H,3,6,8H2,1-2H3;1H. The molecule has 0 bridgehead atoms. The second kappa shape index (κ2) is 7.99. The van der Waals surface area contributed by atoms with Gasteiger partial charge in [-0.1, -0.05) is 32.4 Å². The molecule has 1 atom stereocenters. The highest BCUT2D eigenvalue weighted by atomic mass is 35.5. The lowest BCUT2D eigenvalue weighted by molar-refractivity contribution is 0.696. The zero-order valence-electron chi connectivity index (χ0n) is 6.13. The number of nitrogens with two attached hydrogens (primary N) is 1. The van der Waals surface area contributed by atoms with Gasteiger partial charge >= 0.3 is 0 Å². The third-order valence-corrected chi connectivity index (χ3v) is 1.24. The van der Waals surface area contributed by atoms with Crippen molar-refractivity contribution in [3.63, 3.8) is 0 Å². The lowest BCUT2D eigenvalue weighted by Crippen LogP contribution is -1.94. The highest BCUT2D eigenvalue weighted by molar-refractivity contribution is 5.85. The molecule has 0 aliphatic carbocycles. The van der Waals surface area contributed by atoms with E-state index in [-0.39, 0.29) is 12.4 Å². The van der Waals surface area contributed by atoms with E-state index in [9.17, 15) is 0 Å². The van der Waals surface area contributed by atoms with Crippen molar-refractivity contribution in [2.75, 3.05) is 6.54 Å². The van der Waals surface area contributed by atoms with Crippen molar-refractivity contribution >= 4 is 12.4 Å². The van der Waals surface area contributed by atoms with E-state index in [4.69, 9.17) is 5.73 Å². The van der Waals surface area contributed by atoms with Gasteiger partial charge in [0.15, 0.2) is 0 Å². The Balaban J connectivity index is 0. The summed E-state index contributed by atoms with van der Waals surface area (Å²) in [6, 6.07) is 0. The third kappa shape index (κ3) is 7.99. The van der Waals surface area contributed by atoms with Crippen LogP contribution in [-0.4, -0.2) is 6.54 Å². The average Bonchev–Trinajstić information content (AvgIpc) is 1.83. The second-order valence-electron chi connectivity index (χ2n) is 2.05. The lowest BCUT2D eigenvalue weighted by atomic mass is 10.1. The largest absolute Gasteiger partial charge is 0.327 e. The number of halogens is 1.